The highest BCUT2D eigenvalue weighted by Gasteiger charge is 2.32. The Labute approximate surface area is 198 Å². The first-order chi connectivity index (χ1) is 15.4. The van der Waals surface area contributed by atoms with Crippen molar-refractivity contribution in [1.82, 2.24) is 10.2 Å². The average Bonchev–Trinajstić information content (AvgIpc) is 3.16. The number of carbonyl (C=O) groups excluding carboxylic acids is 2. The summed E-state index contributed by atoms with van der Waals surface area (Å²) in [6, 6.07) is 23.2. The Hall–Kier alpha value is -2.76. The van der Waals surface area contributed by atoms with Crippen LogP contribution in [0.2, 0.25) is 5.02 Å². The van der Waals surface area contributed by atoms with Gasteiger partial charge in [0.15, 0.2) is 0 Å². The Morgan fingerprint density at radius 1 is 1.06 bits per heavy atom. The Morgan fingerprint density at radius 2 is 1.72 bits per heavy atom. The number of nitrogens with zero attached hydrogens (tertiary/aromatic N) is 1. The largest absolute Gasteiger partial charge is 0.346 e. The lowest BCUT2D eigenvalue weighted by Crippen LogP contribution is -2.28. The summed E-state index contributed by atoms with van der Waals surface area (Å²) >= 11 is 7.58. The van der Waals surface area contributed by atoms with E-state index in [1.54, 1.807) is 11.8 Å². The predicted octanol–water partition coefficient (Wildman–Crippen LogP) is 5.91. The SMILES string of the molecule is Cc1ccc([C@@H](C)NC(=O)c2ccc([C@@H]3SCC(=O)N3Cc3ccc(Cl)cc3)cc2)cc1. The van der Waals surface area contributed by atoms with Gasteiger partial charge in [-0.2, -0.15) is 0 Å². The summed E-state index contributed by atoms with van der Waals surface area (Å²) in [6.45, 7) is 4.55. The second kappa shape index (κ2) is 9.80. The maximum atomic E-state index is 12.7. The molecule has 0 saturated carbocycles. The number of hydrogen-bond donors (Lipinski definition) is 1. The molecule has 32 heavy (non-hydrogen) atoms. The normalized spacial score (nSPS) is 16.8. The standard InChI is InChI=1S/C26H25ClN2O2S/c1-17-3-7-20(8-4-17)18(2)28-25(31)21-9-11-22(12-10-21)26-29(24(30)16-32-26)15-19-5-13-23(27)14-6-19/h3-14,18,26H,15-16H2,1-2H3,(H,28,31)/t18-,26+/m1/s1. The minimum Gasteiger partial charge on any atom is -0.346 e. The summed E-state index contributed by atoms with van der Waals surface area (Å²) in [7, 11) is 0. The van der Waals surface area contributed by atoms with Crippen LogP contribution in [0.4, 0.5) is 0 Å². The Morgan fingerprint density at radius 3 is 2.38 bits per heavy atom. The van der Waals surface area contributed by atoms with Crippen molar-refractivity contribution in [1.29, 1.82) is 0 Å². The number of benzene rings is 3. The van der Waals surface area contributed by atoms with Gasteiger partial charge in [0.05, 0.1) is 11.8 Å². The van der Waals surface area contributed by atoms with Crippen LogP contribution in [0.15, 0.2) is 72.8 Å². The lowest BCUT2D eigenvalue weighted by Gasteiger charge is -2.24. The van der Waals surface area contributed by atoms with Gasteiger partial charge in [0.25, 0.3) is 5.91 Å². The van der Waals surface area contributed by atoms with E-state index >= 15 is 0 Å². The van der Waals surface area contributed by atoms with Crippen LogP contribution in [0.25, 0.3) is 0 Å². The summed E-state index contributed by atoms with van der Waals surface area (Å²) in [5, 5.41) is 3.67. The fourth-order valence-corrected chi connectivity index (χ4v) is 5.02. The zero-order chi connectivity index (χ0) is 22.7. The van der Waals surface area contributed by atoms with Gasteiger partial charge in [-0.25, -0.2) is 0 Å². The van der Waals surface area contributed by atoms with Crippen molar-refractivity contribution in [2.75, 3.05) is 5.75 Å². The molecule has 3 aromatic carbocycles. The quantitative estimate of drug-likeness (QED) is 0.493. The van der Waals surface area contributed by atoms with Gasteiger partial charge in [0.1, 0.15) is 5.37 Å². The van der Waals surface area contributed by atoms with Gasteiger partial charge in [-0.15, -0.1) is 11.8 Å². The summed E-state index contributed by atoms with van der Waals surface area (Å²) in [5.74, 6) is 0.454. The lowest BCUT2D eigenvalue weighted by atomic mass is 10.1. The van der Waals surface area contributed by atoms with E-state index < -0.39 is 0 Å². The predicted molar refractivity (Wildman–Crippen MR) is 131 cm³/mol. The van der Waals surface area contributed by atoms with E-state index in [0.717, 1.165) is 16.7 Å². The molecule has 0 unspecified atom stereocenters. The molecule has 1 aliphatic heterocycles. The molecule has 1 aliphatic rings. The van der Waals surface area contributed by atoms with Gasteiger partial charge in [-0.05, 0) is 54.8 Å². The highest BCUT2D eigenvalue weighted by Crippen LogP contribution is 2.39. The molecule has 1 saturated heterocycles. The number of thioether (sulfide) groups is 1. The first kappa shape index (κ1) is 22.4. The van der Waals surface area contributed by atoms with E-state index in [4.69, 9.17) is 11.6 Å². The topological polar surface area (TPSA) is 49.4 Å². The molecule has 2 atom stereocenters. The van der Waals surface area contributed by atoms with Crippen LogP contribution in [0.3, 0.4) is 0 Å². The van der Waals surface area contributed by atoms with E-state index in [1.807, 2.05) is 91.5 Å². The molecule has 2 amide bonds. The molecule has 3 aromatic rings. The summed E-state index contributed by atoms with van der Waals surface area (Å²) in [4.78, 5) is 27.1. The third-order valence-electron chi connectivity index (χ3n) is 5.62. The van der Waals surface area contributed by atoms with Crippen molar-refractivity contribution in [3.05, 3.63) is 106 Å². The van der Waals surface area contributed by atoms with Crippen molar-refractivity contribution in [2.24, 2.45) is 0 Å². The molecule has 0 bridgehead atoms. The zero-order valence-electron chi connectivity index (χ0n) is 18.0. The second-order valence-corrected chi connectivity index (χ2v) is 9.54. The number of hydrogen-bond acceptors (Lipinski definition) is 3. The average molecular weight is 465 g/mol. The van der Waals surface area contributed by atoms with Gasteiger partial charge in [0.2, 0.25) is 5.91 Å². The molecule has 0 radical (unpaired) electrons. The molecular weight excluding hydrogens is 440 g/mol. The maximum Gasteiger partial charge on any atom is 0.251 e. The van der Waals surface area contributed by atoms with E-state index in [2.05, 4.69) is 5.32 Å². The molecule has 1 fully saturated rings. The molecule has 0 spiro atoms. The fourth-order valence-electron chi connectivity index (χ4n) is 3.71. The zero-order valence-corrected chi connectivity index (χ0v) is 19.6. The van der Waals surface area contributed by atoms with Crippen molar-refractivity contribution < 1.29 is 9.59 Å². The van der Waals surface area contributed by atoms with Crippen molar-refractivity contribution in [3.8, 4) is 0 Å². The Kier molecular flexibility index (Phi) is 6.87. The second-order valence-electron chi connectivity index (χ2n) is 8.04. The molecule has 1 heterocycles. The number of amides is 2. The van der Waals surface area contributed by atoms with Crippen LogP contribution < -0.4 is 5.32 Å². The molecule has 164 valence electrons. The molecule has 0 aromatic heterocycles. The third-order valence-corrected chi connectivity index (χ3v) is 7.13. The summed E-state index contributed by atoms with van der Waals surface area (Å²) in [5.41, 5.74) is 4.91. The molecule has 0 aliphatic carbocycles. The maximum absolute atomic E-state index is 12.7. The van der Waals surface area contributed by atoms with Gasteiger partial charge >= 0.3 is 0 Å². The van der Waals surface area contributed by atoms with E-state index in [0.29, 0.717) is 22.9 Å². The smallest absolute Gasteiger partial charge is 0.251 e. The van der Waals surface area contributed by atoms with E-state index in [1.165, 1.54) is 5.56 Å². The lowest BCUT2D eigenvalue weighted by molar-refractivity contribution is -0.128. The highest BCUT2D eigenvalue weighted by molar-refractivity contribution is 8.00. The molecule has 4 nitrogen and oxygen atoms in total. The van der Waals surface area contributed by atoms with Gasteiger partial charge in [-0.1, -0.05) is 65.7 Å². The summed E-state index contributed by atoms with van der Waals surface area (Å²) < 4.78 is 0. The number of halogens is 1. The van der Waals surface area contributed by atoms with Crippen molar-refractivity contribution >= 4 is 35.2 Å². The van der Waals surface area contributed by atoms with Crippen LogP contribution in [0, 0.1) is 6.92 Å². The molecule has 6 heteroatoms. The molecule has 4 rings (SSSR count). The van der Waals surface area contributed by atoms with Gasteiger partial charge in [-0.3, -0.25) is 9.59 Å². The highest BCUT2D eigenvalue weighted by atomic mass is 35.5. The van der Waals surface area contributed by atoms with Gasteiger partial charge < -0.3 is 10.2 Å². The fraction of sp³-hybridized carbons (Fsp3) is 0.231. The van der Waals surface area contributed by atoms with E-state index in [-0.39, 0.29) is 23.2 Å². The first-order valence-corrected chi connectivity index (χ1v) is 12.0. The molecule has 1 N–H and O–H groups in total. The third kappa shape index (κ3) is 5.17. The number of aryl methyl sites for hydroxylation is 1. The minimum atomic E-state index is -0.113. The number of rotatable bonds is 6. The van der Waals surface area contributed by atoms with Crippen LogP contribution >= 0.6 is 23.4 Å². The first-order valence-electron chi connectivity index (χ1n) is 10.5. The van der Waals surface area contributed by atoms with Crippen LogP contribution in [-0.4, -0.2) is 22.5 Å². The number of nitrogens with one attached hydrogen (secondary N) is 1. The number of carbonyl (C=O) groups is 2. The monoisotopic (exact) mass is 464 g/mol. The van der Waals surface area contributed by atoms with Crippen molar-refractivity contribution in [3.63, 3.8) is 0 Å². The Balaban J connectivity index is 1.43. The van der Waals surface area contributed by atoms with Crippen LogP contribution in [0.1, 0.15) is 51.0 Å². The Bertz CT molecular complexity index is 1100. The summed E-state index contributed by atoms with van der Waals surface area (Å²) in [6.07, 6.45) is 0. The van der Waals surface area contributed by atoms with Crippen LogP contribution in [0.5, 0.6) is 0 Å². The molecular formula is C26H25ClN2O2S. The van der Waals surface area contributed by atoms with Crippen LogP contribution in [-0.2, 0) is 11.3 Å². The van der Waals surface area contributed by atoms with Gasteiger partial charge in [0, 0.05) is 17.1 Å². The minimum absolute atomic E-state index is 0.0678. The van der Waals surface area contributed by atoms with Crippen molar-refractivity contribution in [2.45, 2.75) is 31.8 Å². The van der Waals surface area contributed by atoms with E-state index in [9.17, 15) is 9.59 Å².